The fourth-order valence-corrected chi connectivity index (χ4v) is 15.6. The lowest BCUT2D eigenvalue weighted by molar-refractivity contribution is 0.660. The Labute approximate surface area is 312 Å². The number of rotatable bonds is 4. The molecule has 250 valence electrons. The van der Waals surface area contributed by atoms with Crippen molar-refractivity contribution in [2.75, 3.05) is 4.90 Å². The minimum atomic E-state index is -2.62. The van der Waals surface area contributed by atoms with Crippen LogP contribution in [0.5, 0.6) is 0 Å². The van der Waals surface area contributed by atoms with Gasteiger partial charge < -0.3 is 4.90 Å². The van der Waals surface area contributed by atoms with E-state index in [4.69, 9.17) is 0 Å². The first-order chi connectivity index (χ1) is 26.1. The van der Waals surface area contributed by atoms with Gasteiger partial charge in [0, 0.05) is 22.4 Å². The Morgan fingerprint density at radius 1 is 0.358 bits per heavy atom. The third-order valence-electron chi connectivity index (χ3n) is 12.3. The molecule has 1 nitrogen and oxygen atoms in total. The van der Waals surface area contributed by atoms with Crippen LogP contribution in [0.1, 0.15) is 25.0 Å². The second-order valence-electron chi connectivity index (χ2n) is 15.2. The highest BCUT2D eigenvalue weighted by molar-refractivity contribution is 7.24. The molecule has 53 heavy (non-hydrogen) atoms. The molecule has 0 fully saturated rings. The van der Waals surface area contributed by atoms with E-state index < -0.39 is 8.07 Å². The lowest BCUT2D eigenvalue weighted by Gasteiger charge is -2.32. The minimum Gasteiger partial charge on any atom is -0.310 e. The largest absolute Gasteiger partial charge is 0.310 e. The predicted molar refractivity (Wildman–Crippen MR) is 226 cm³/mol. The van der Waals surface area contributed by atoms with Crippen molar-refractivity contribution in [3.8, 4) is 44.5 Å². The van der Waals surface area contributed by atoms with E-state index in [1.807, 2.05) is 0 Å². The SMILES string of the molecule is CC1(C)c2ccccc2-c2ccc(N(c3ccc4c(c3)[Si]3(c5ccccc5-c5ccccc53)c3ccccc3-4)c3ccccc3-c3ccccc3)cc21. The maximum Gasteiger partial charge on any atom is 0.182 e. The Morgan fingerprint density at radius 3 is 1.45 bits per heavy atom. The van der Waals surface area contributed by atoms with E-state index in [-0.39, 0.29) is 5.41 Å². The molecule has 8 aromatic carbocycles. The summed E-state index contributed by atoms with van der Waals surface area (Å²) in [5.41, 5.74) is 16.8. The van der Waals surface area contributed by atoms with Crippen LogP contribution in [0.3, 0.4) is 0 Å². The second kappa shape index (κ2) is 11.1. The molecule has 0 N–H and O–H groups in total. The minimum absolute atomic E-state index is 0.111. The first kappa shape index (κ1) is 30.4. The lowest BCUT2D eigenvalue weighted by Crippen LogP contribution is -2.70. The van der Waals surface area contributed by atoms with Gasteiger partial charge in [0.1, 0.15) is 0 Å². The summed E-state index contributed by atoms with van der Waals surface area (Å²) in [4.78, 5) is 2.53. The molecule has 0 radical (unpaired) electrons. The number of hydrogen-bond donors (Lipinski definition) is 0. The Morgan fingerprint density at radius 2 is 0.811 bits per heavy atom. The van der Waals surface area contributed by atoms with Crippen LogP contribution < -0.4 is 25.6 Å². The summed E-state index contributed by atoms with van der Waals surface area (Å²) < 4.78 is 0. The van der Waals surface area contributed by atoms with E-state index in [0.29, 0.717) is 0 Å². The molecule has 0 bridgehead atoms. The first-order valence-corrected chi connectivity index (χ1v) is 20.7. The van der Waals surface area contributed by atoms with E-state index in [1.165, 1.54) is 93.4 Å². The number of nitrogens with zero attached hydrogens (tertiary/aromatic N) is 1. The van der Waals surface area contributed by atoms with Crippen LogP contribution >= 0.6 is 0 Å². The van der Waals surface area contributed by atoms with Gasteiger partial charge in [-0.25, -0.2) is 0 Å². The van der Waals surface area contributed by atoms with Gasteiger partial charge in [0.05, 0.1) is 5.69 Å². The molecule has 2 heteroatoms. The Hall–Kier alpha value is -6.22. The highest BCUT2D eigenvalue weighted by Crippen LogP contribution is 2.51. The summed E-state index contributed by atoms with van der Waals surface area (Å²) in [5.74, 6) is 0. The van der Waals surface area contributed by atoms with Gasteiger partial charge in [-0.3, -0.25) is 0 Å². The van der Waals surface area contributed by atoms with Crippen LogP contribution in [0, 0.1) is 0 Å². The number of anilines is 3. The molecule has 11 rings (SSSR count). The molecule has 1 spiro atoms. The topological polar surface area (TPSA) is 3.24 Å². The Balaban J connectivity index is 1.20. The van der Waals surface area contributed by atoms with Gasteiger partial charge in [-0.1, -0.05) is 172 Å². The molecule has 1 aliphatic carbocycles. The summed E-state index contributed by atoms with van der Waals surface area (Å²) in [6.07, 6.45) is 0. The molecular formula is C51H37NSi. The smallest absolute Gasteiger partial charge is 0.182 e. The molecule has 0 amide bonds. The van der Waals surface area contributed by atoms with Crippen molar-refractivity contribution in [3.05, 3.63) is 199 Å². The summed E-state index contributed by atoms with van der Waals surface area (Å²) in [5, 5.41) is 5.97. The first-order valence-electron chi connectivity index (χ1n) is 18.7. The van der Waals surface area contributed by atoms with Crippen LogP contribution in [0.2, 0.25) is 0 Å². The molecule has 2 aliphatic heterocycles. The fourth-order valence-electron chi connectivity index (χ4n) is 10.0. The number of hydrogen-bond acceptors (Lipinski definition) is 1. The number of benzene rings is 8. The standard InChI is InChI=1S/C51H37NSi/c1-51(2)44-23-11-6-19-38(44)39-30-28-35(32-45(39)51)52(46-24-12-7-18-37(46)34-16-4-3-5-17-34)36-29-31-43-42-22-10-15-27-49(42)53(50(43)33-36)47-25-13-8-20-40(47)41-21-9-14-26-48(41)53/h3-33H,1-2H3. The van der Waals surface area contributed by atoms with Crippen molar-refractivity contribution in [3.63, 3.8) is 0 Å². The second-order valence-corrected chi connectivity index (χ2v) is 18.9. The van der Waals surface area contributed by atoms with Crippen molar-refractivity contribution in [1.82, 2.24) is 0 Å². The van der Waals surface area contributed by atoms with Crippen molar-refractivity contribution in [2.45, 2.75) is 19.3 Å². The van der Waals surface area contributed by atoms with E-state index in [9.17, 15) is 0 Å². The molecule has 0 saturated heterocycles. The molecule has 2 heterocycles. The maximum atomic E-state index is 2.56. The summed E-state index contributed by atoms with van der Waals surface area (Å²) in [7, 11) is -2.62. The Bertz CT molecular complexity index is 2710. The zero-order valence-corrected chi connectivity index (χ0v) is 30.8. The maximum absolute atomic E-state index is 2.62. The summed E-state index contributed by atoms with van der Waals surface area (Å²) in [6.45, 7) is 4.75. The average molecular weight is 692 g/mol. The van der Waals surface area contributed by atoms with Crippen LogP contribution in [-0.4, -0.2) is 8.07 Å². The normalized spacial score (nSPS) is 14.5. The molecule has 8 aromatic rings. The Kier molecular flexibility index (Phi) is 6.39. The summed E-state index contributed by atoms with van der Waals surface area (Å²) in [6, 6.07) is 70.9. The van der Waals surface area contributed by atoms with E-state index in [1.54, 1.807) is 0 Å². The fraction of sp³-hybridized carbons (Fsp3) is 0.0588. The molecule has 0 aromatic heterocycles. The van der Waals surface area contributed by atoms with Crippen LogP contribution in [-0.2, 0) is 5.41 Å². The molecular weight excluding hydrogens is 655 g/mol. The molecule has 0 unspecified atom stereocenters. The molecule has 0 saturated carbocycles. The number of para-hydroxylation sites is 1. The van der Waals surface area contributed by atoms with E-state index in [2.05, 4.69) is 207 Å². The predicted octanol–water partition coefficient (Wildman–Crippen LogP) is 10.5. The van der Waals surface area contributed by atoms with Crippen LogP contribution in [0.25, 0.3) is 44.5 Å². The van der Waals surface area contributed by atoms with E-state index in [0.717, 1.165) is 0 Å². The monoisotopic (exact) mass is 691 g/mol. The highest BCUT2D eigenvalue weighted by Gasteiger charge is 2.54. The van der Waals surface area contributed by atoms with Crippen LogP contribution in [0.15, 0.2) is 188 Å². The lowest BCUT2D eigenvalue weighted by atomic mass is 9.82. The molecule has 3 aliphatic rings. The third-order valence-corrected chi connectivity index (χ3v) is 17.2. The third kappa shape index (κ3) is 4.07. The van der Waals surface area contributed by atoms with Crippen molar-refractivity contribution >= 4 is 45.9 Å². The highest BCUT2D eigenvalue weighted by atomic mass is 28.3. The number of fused-ring (bicyclic) bond motifs is 13. The average Bonchev–Trinajstić information content (AvgIpc) is 3.77. The van der Waals surface area contributed by atoms with Gasteiger partial charge in [-0.2, -0.15) is 0 Å². The van der Waals surface area contributed by atoms with Gasteiger partial charge in [-0.05, 0) is 101 Å². The van der Waals surface area contributed by atoms with Gasteiger partial charge in [-0.15, -0.1) is 0 Å². The van der Waals surface area contributed by atoms with E-state index >= 15 is 0 Å². The van der Waals surface area contributed by atoms with Crippen molar-refractivity contribution in [2.24, 2.45) is 0 Å². The van der Waals surface area contributed by atoms with Gasteiger partial charge >= 0.3 is 0 Å². The van der Waals surface area contributed by atoms with Gasteiger partial charge in [0.15, 0.2) is 8.07 Å². The zero-order chi connectivity index (χ0) is 35.3. The van der Waals surface area contributed by atoms with Gasteiger partial charge in [0.2, 0.25) is 0 Å². The van der Waals surface area contributed by atoms with Crippen molar-refractivity contribution < 1.29 is 0 Å². The van der Waals surface area contributed by atoms with Crippen molar-refractivity contribution in [1.29, 1.82) is 0 Å². The summed E-state index contributed by atoms with van der Waals surface area (Å²) >= 11 is 0. The molecule has 0 atom stereocenters. The zero-order valence-electron chi connectivity index (χ0n) is 29.8. The van der Waals surface area contributed by atoms with Crippen LogP contribution in [0.4, 0.5) is 17.1 Å². The quantitative estimate of drug-likeness (QED) is 0.166. The van der Waals surface area contributed by atoms with Gasteiger partial charge in [0.25, 0.3) is 0 Å².